The molecule has 9 heteroatoms. The topological polar surface area (TPSA) is 72.2 Å². The second-order valence-electron chi connectivity index (χ2n) is 6.62. The maximum absolute atomic E-state index is 15.2. The SMILES string of the molecule is Cc1noc2c(F)c(Cc3ccc(Br)cc3Cl)c(NS(=O)(=O)C3CC3)cc12. The van der Waals surface area contributed by atoms with E-state index in [4.69, 9.17) is 16.1 Å². The highest BCUT2D eigenvalue weighted by molar-refractivity contribution is 9.10. The van der Waals surface area contributed by atoms with E-state index in [-0.39, 0.29) is 23.3 Å². The lowest BCUT2D eigenvalue weighted by atomic mass is 10.0. The first-order valence-corrected chi connectivity index (χ1v) is 11.0. The Bertz CT molecular complexity index is 1160. The van der Waals surface area contributed by atoms with Crippen molar-refractivity contribution in [1.29, 1.82) is 0 Å². The van der Waals surface area contributed by atoms with Gasteiger partial charge >= 0.3 is 0 Å². The lowest BCUT2D eigenvalue weighted by molar-refractivity contribution is 0.434. The minimum absolute atomic E-state index is 0.00473. The van der Waals surface area contributed by atoms with Gasteiger partial charge in [-0.3, -0.25) is 4.72 Å². The molecule has 5 nitrogen and oxygen atoms in total. The average molecular weight is 474 g/mol. The Morgan fingerprint density at radius 2 is 2.11 bits per heavy atom. The number of halogens is 3. The third-order valence-electron chi connectivity index (χ3n) is 4.58. The van der Waals surface area contributed by atoms with Gasteiger partial charge in [-0.1, -0.05) is 38.8 Å². The van der Waals surface area contributed by atoms with E-state index in [1.54, 1.807) is 31.2 Å². The summed E-state index contributed by atoms with van der Waals surface area (Å²) in [5.74, 6) is -0.638. The largest absolute Gasteiger partial charge is 0.353 e. The smallest absolute Gasteiger partial charge is 0.235 e. The van der Waals surface area contributed by atoms with E-state index in [0.29, 0.717) is 34.5 Å². The zero-order valence-electron chi connectivity index (χ0n) is 14.2. The number of benzene rings is 2. The summed E-state index contributed by atoms with van der Waals surface area (Å²) in [4.78, 5) is 0. The maximum Gasteiger partial charge on any atom is 0.235 e. The molecule has 0 radical (unpaired) electrons. The first kappa shape index (κ1) is 18.7. The van der Waals surface area contributed by atoms with Gasteiger partial charge in [-0.2, -0.15) is 0 Å². The molecule has 0 atom stereocenters. The minimum atomic E-state index is -3.56. The second-order valence-corrected chi connectivity index (χ2v) is 9.90. The average Bonchev–Trinajstić information content (AvgIpc) is 3.39. The van der Waals surface area contributed by atoms with E-state index in [2.05, 4.69) is 25.8 Å². The third-order valence-corrected chi connectivity index (χ3v) is 7.28. The van der Waals surface area contributed by atoms with Crippen molar-refractivity contribution >= 4 is 54.2 Å². The highest BCUT2D eigenvalue weighted by atomic mass is 79.9. The molecule has 1 fully saturated rings. The van der Waals surface area contributed by atoms with E-state index >= 15 is 4.39 Å². The van der Waals surface area contributed by atoms with Gasteiger partial charge in [-0.25, -0.2) is 12.8 Å². The van der Waals surface area contributed by atoms with Crippen LogP contribution < -0.4 is 4.72 Å². The Hall–Kier alpha value is -1.64. The van der Waals surface area contributed by atoms with E-state index in [9.17, 15) is 8.42 Å². The molecular formula is C18H15BrClFN2O3S. The number of nitrogens with one attached hydrogen (secondary N) is 1. The summed E-state index contributed by atoms with van der Waals surface area (Å²) in [6.45, 7) is 1.68. The summed E-state index contributed by atoms with van der Waals surface area (Å²) in [5, 5.41) is 4.26. The highest BCUT2D eigenvalue weighted by Gasteiger charge is 2.36. The summed E-state index contributed by atoms with van der Waals surface area (Å²) >= 11 is 9.61. The summed E-state index contributed by atoms with van der Waals surface area (Å²) < 4.78 is 48.6. The fourth-order valence-corrected chi connectivity index (χ4v) is 5.08. The van der Waals surface area contributed by atoms with Gasteiger partial charge in [0.1, 0.15) is 0 Å². The number of nitrogens with zero attached hydrogens (tertiary/aromatic N) is 1. The molecule has 0 saturated heterocycles. The van der Waals surface area contributed by atoms with Crippen molar-refractivity contribution in [2.24, 2.45) is 0 Å². The summed E-state index contributed by atoms with van der Waals surface area (Å²) in [6.07, 6.45) is 1.33. The van der Waals surface area contributed by atoms with E-state index in [1.165, 1.54) is 0 Å². The molecule has 1 saturated carbocycles. The number of fused-ring (bicyclic) bond motifs is 1. The predicted molar refractivity (Wildman–Crippen MR) is 106 cm³/mol. The van der Waals surface area contributed by atoms with Crippen molar-refractivity contribution in [2.75, 3.05) is 4.72 Å². The molecule has 1 heterocycles. The number of hydrogen-bond acceptors (Lipinski definition) is 4. The van der Waals surface area contributed by atoms with Crippen LogP contribution in [-0.2, 0) is 16.4 Å². The number of rotatable bonds is 5. The van der Waals surface area contributed by atoms with Crippen LogP contribution in [0, 0.1) is 12.7 Å². The summed E-state index contributed by atoms with van der Waals surface area (Å²) in [5.41, 5.74) is 1.53. The number of sulfonamides is 1. The number of aromatic nitrogens is 1. The van der Waals surface area contributed by atoms with Gasteiger partial charge in [-0.15, -0.1) is 0 Å². The van der Waals surface area contributed by atoms with Gasteiger partial charge in [0, 0.05) is 26.9 Å². The maximum atomic E-state index is 15.2. The lowest BCUT2D eigenvalue weighted by Crippen LogP contribution is -2.19. The van der Waals surface area contributed by atoms with Gasteiger partial charge < -0.3 is 4.52 Å². The van der Waals surface area contributed by atoms with Crippen molar-refractivity contribution in [1.82, 2.24) is 5.16 Å². The van der Waals surface area contributed by atoms with Gasteiger partial charge in [-0.05, 0) is 43.5 Å². The Kier molecular flexibility index (Phi) is 4.68. The zero-order chi connectivity index (χ0) is 19.3. The quantitative estimate of drug-likeness (QED) is 0.554. The van der Waals surface area contributed by atoms with E-state index in [1.807, 2.05) is 0 Å². The van der Waals surface area contributed by atoms with Crippen molar-refractivity contribution in [3.63, 3.8) is 0 Å². The van der Waals surface area contributed by atoms with Crippen molar-refractivity contribution < 1.29 is 17.3 Å². The lowest BCUT2D eigenvalue weighted by Gasteiger charge is -2.14. The molecule has 0 bridgehead atoms. The standard InChI is InChI=1S/C18H15BrClFN2O3S/c1-9-13-8-16(23-27(24,25)12-4-5-12)14(17(21)18(13)26-22-9)6-10-2-3-11(19)7-15(10)20/h2-3,7-8,12,23H,4-6H2,1H3. The van der Waals surface area contributed by atoms with Gasteiger partial charge in [0.25, 0.3) is 0 Å². The Morgan fingerprint density at radius 1 is 1.37 bits per heavy atom. The molecule has 27 heavy (non-hydrogen) atoms. The molecule has 4 rings (SSSR count). The molecule has 1 aliphatic rings. The molecule has 0 aliphatic heterocycles. The first-order valence-electron chi connectivity index (χ1n) is 8.29. The minimum Gasteiger partial charge on any atom is -0.353 e. The predicted octanol–water partition coefficient (Wildman–Crippen LogP) is 5.19. The number of hydrogen-bond donors (Lipinski definition) is 1. The molecule has 3 aromatic rings. The molecule has 1 aliphatic carbocycles. The van der Waals surface area contributed by atoms with E-state index in [0.717, 1.165) is 4.47 Å². The zero-order valence-corrected chi connectivity index (χ0v) is 17.4. The molecular weight excluding hydrogens is 459 g/mol. The molecule has 0 spiro atoms. The molecule has 1 N–H and O–H groups in total. The van der Waals surface area contributed by atoms with Gasteiger partial charge in [0.2, 0.25) is 15.6 Å². The molecule has 1 aromatic heterocycles. The van der Waals surface area contributed by atoms with Gasteiger partial charge in [0.05, 0.1) is 16.6 Å². The second kappa shape index (κ2) is 6.76. The van der Waals surface area contributed by atoms with Crippen LogP contribution in [0.2, 0.25) is 5.02 Å². The van der Waals surface area contributed by atoms with Crippen LogP contribution in [-0.4, -0.2) is 18.8 Å². The fraction of sp³-hybridized carbons (Fsp3) is 0.278. The Labute approximate surface area is 169 Å². The van der Waals surface area contributed by atoms with Crippen LogP contribution in [0.25, 0.3) is 11.0 Å². The van der Waals surface area contributed by atoms with Crippen LogP contribution in [0.4, 0.5) is 10.1 Å². The summed E-state index contributed by atoms with van der Waals surface area (Å²) in [7, 11) is -3.56. The molecule has 0 amide bonds. The monoisotopic (exact) mass is 472 g/mol. The normalized spacial score (nSPS) is 14.7. The fourth-order valence-electron chi connectivity index (χ4n) is 2.93. The van der Waals surface area contributed by atoms with Crippen LogP contribution in [0.5, 0.6) is 0 Å². The summed E-state index contributed by atoms with van der Waals surface area (Å²) in [6, 6.07) is 6.84. The van der Waals surface area contributed by atoms with Gasteiger partial charge in [0.15, 0.2) is 5.82 Å². The highest BCUT2D eigenvalue weighted by Crippen LogP contribution is 2.36. The Morgan fingerprint density at radius 3 is 2.78 bits per heavy atom. The van der Waals surface area contributed by atoms with Crippen molar-refractivity contribution in [2.45, 2.75) is 31.4 Å². The Balaban J connectivity index is 1.85. The van der Waals surface area contributed by atoms with Crippen LogP contribution in [0.1, 0.15) is 29.7 Å². The molecule has 142 valence electrons. The van der Waals surface area contributed by atoms with Crippen LogP contribution >= 0.6 is 27.5 Å². The molecule has 0 unspecified atom stereocenters. The number of anilines is 1. The number of aryl methyl sites for hydroxylation is 1. The third kappa shape index (κ3) is 3.58. The van der Waals surface area contributed by atoms with Crippen LogP contribution in [0.3, 0.4) is 0 Å². The van der Waals surface area contributed by atoms with Crippen molar-refractivity contribution in [3.8, 4) is 0 Å². The van der Waals surface area contributed by atoms with E-state index < -0.39 is 21.1 Å². The van der Waals surface area contributed by atoms with Crippen LogP contribution in [0.15, 0.2) is 33.3 Å². The van der Waals surface area contributed by atoms with Crippen molar-refractivity contribution in [3.05, 3.63) is 56.4 Å². The first-order chi connectivity index (χ1) is 12.8. The molecule has 2 aromatic carbocycles.